The predicted molar refractivity (Wildman–Crippen MR) is 149 cm³/mol. The largest absolute Gasteiger partial charge is 0.493 e. The maximum absolute atomic E-state index is 12.8. The Morgan fingerprint density at radius 2 is 1.53 bits per heavy atom. The van der Waals surface area contributed by atoms with Gasteiger partial charge < -0.3 is 19.5 Å². The Labute approximate surface area is 231 Å². The summed E-state index contributed by atoms with van der Waals surface area (Å²) in [6.07, 6.45) is 0. The standard InChI is InChI=1S/C26H23BrN4O6S/c1-35-20-12-16(13-21(36-2)23(20)37-3)24(33)28-18-8-4-15(5-9-18)25(34)30-31-22(32)14-38-26(31)29-19-10-6-17(27)7-11-19/h4-13H,14H2,1-3H3,(H,28,33)(H,30,34). The molecule has 10 nitrogen and oxygen atoms in total. The highest BCUT2D eigenvalue weighted by Crippen LogP contribution is 2.38. The lowest BCUT2D eigenvalue weighted by atomic mass is 10.1. The van der Waals surface area contributed by atoms with Gasteiger partial charge in [0.2, 0.25) is 5.75 Å². The van der Waals surface area contributed by atoms with Crippen LogP contribution in [0.1, 0.15) is 20.7 Å². The van der Waals surface area contributed by atoms with Crippen molar-refractivity contribution in [3.05, 3.63) is 76.3 Å². The zero-order valence-electron chi connectivity index (χ0n) is 20.6. The first-order chi connectivity index (χ1) is 18.3. The van der Waals surface area contributed by atoms with Crippen molar-refractivity contribution in [3.8, 4) is 17.2 Å². The van der Waals surface area contributed by atoms with Crippen LogP contribution in [-0.2, 0) is 4.79 Å². The number of halogens is 1. The van der Waals surface area contributed by atoms with E-state index in [9.17, 15) is 14.4 Å². The molecule has 1 heterocycles. The number of ether oxygens (including phenoxy) is 3. The SMILES string of the molecule is COc1cc(C(=O)Nc2ccc(C(=O)NN3C(=O)CSC3=Nc3ccc(Br)cc3)cc2)cc(OC)c1OC. The van der Waals surface area contributed by atoms with Crippen molar-refractivity contribution in [2.75, 3.05) is 32.4 Å². The summed E-state index contributed by atoms with van der Waals surface area (Å²) in [5.41, 5.74) is 4.31. The molecule has 38 heavy (non-hydrogen) atoms. The van der Waals surface area contributed by atoms with Crippen molar-refractivity contribution in [3.63, 3.8) is 0 Å². The molecule has 196 valence electrons. The molecule has 0 atom stereocenters. The fraction of sp³-hybridized carbons (Fsp3) is 0.154. The number of benzene rings is 3. The Balaban J connectivity index is 1.44. The predicted octanol–water partition coefficient (Wildman–Crippen LogP) is 4.64. The summed E-state index contributed by atoms with van der Waals surface area (Å²) in [5, 5.41) is 4.29. The first kappa shape index (κ1) is 27.0. The van der Waals surface area contributed by atoms with Gasteiger partial charge in [-0.25, -0.2) is 4.99 Å². The van der Waals surface area contributed by atoms with Gasteiger partial charge in [-0.05, 0) is 60.7 Å². The Kier molecular flexibility index (Phi) is 8.54. The van der Waals surface area contributed by atoms with Gasteiger partial charge in [0.15, 0.2) is 16.7 Å². The first-order valence-electron chi connectivity index (χ1n) is 11.2. The van der Waals surface area contributed by atoms with Gasteiger partial charge in [0.05, 0.1) is 32.8 Å². The average molecular weight is 599 g/mol. The van der Waals surface area contributed by atoms with Gasteiger partial charge in [-0.3, -0.25) is 19.8 Å². The van der Waals surface area contributed by atoms with E-state index in [4.69, 9.17) is 14.2 Å². The van der Waals surface area contributed by atoms with Crippen LogP contribution in [0.5, 0.6) is 17.2 Å². The molecular weight excluding hydrogens is 576 g/mol. The average Bonchev–Trinajstić information content (AvgIpc) is 3.27. The number of anilines is 1. The number of hydrogen-bond donors (Lipinski definition) is 2. The maximum Gasteiger partial charge on any atom is 0.270 e. The second-order valence-electron chi connectivity index (χ2n) is 7.78. The van der Waals surface area contributed by atoms with Crippen LogP contribution in [0.4, 0.5) is 11.4 Å². The van der Waals surface area contributed by atoms with E-state index < -0.39 is 11.8 Å². The van der Waals surface area contributed by atoms with Gasteiger partial charge in [-0.15, -0.1) is 0 Å². The third-order valence-corrected chi connectivity index (χ3v) is 6.81. The number of hydrogen-bond acceptors (Lipinski definition) is 8. The van der Waals surface area contributed by atoms with Crippen LogP contribution in [0.25, 0.3) is 0 Å². The molecule has 1 saturated heterocycles. The number of nitrogens with zero attached hydrogens (tertiary/aromatic N) is 2. The van der Waals surface area contributed by atoms with Gasteiger partial charge in [0.1, 0.15) is 0 Å². The summed E-state index contributed by atoms with van der Waals surface area (Å²) in [4.78, 5) is 42.5. The topological polar surface area (TPSA) is 119 Å². The fourth-order valence-electron chi connectivity index (χ4n) is 3.47. The number of carbonyl (C=O) groups excluding carboxylic acids is 3. The van der Waals surface area contributed by atoms with E-state index >= 15 is 0 Å². The van der Waals surface area contributed by atoms with E-state index in [1.165, 1.54) is 45.2 Å². The number of aliphatic imine (C=N–C) groups is 1. The van der Waals surface area contributed by atoms with Gasteiger partial charge in [-0.1, -0.05) is 27.7 Å². The van der Waals surface area contributed by atoms with Gasteiger partial charge in [-0.2, -0.15) is 5.01 Å². The number of methoxy groups -OCH3 is 3. The van der Waals surface area contributed by atoms with Crippen LogP contribution in [0.15, 0.2) is 70.1 Å². The molecule has 0 radical (unpaired) electrons. The normalized spacial score (nSPS) is 13.8. The van der Waals surface area contributed by atoms with Crippen LogP contribution in [0, 0.1) is 0 Å². The van der Waals surface area contributed by atoms with Crippen molar-refractivity contribution in [1.29, 1.82) is 0 Å². The van der Waals surface area contributed by atoms with E-state index in [-0.39, 0.29) is 11.7 Å². The highest BCUT2D eigenvalue weighted by atomic mass is 79.9. The van der Waals surface area contributed by atoms with Crippen LogP contribution in [0.2, 0.25) is 0 Å². The third kappa shape index (κ3) is 6.09. The first-order valence-corrected chi connectivity index (χ1v) is 12.9. The molecule has 12 heteroatoms. The summed E-state index contributed by atoms with van der Waals surface area (Å²) in [5.74, 6) is 0.0575. The molecule has 3 amide bonds. The molecule has 0 saturated carbocycles. The molecule has 1 aliphatic heterocycles. The zero-order valence-corrected chi connectivity index (χ0v) is 23.0. The van der Waals surface area contributed by atoms with Crippen molar-refractivity contribution >= 4 is 62.0 Å². The summed E-state index contributed by atoms with van der Waals surface area (Å²) >= 11 is 4.61. The quantitative estimate of drug-likeness (QED) is 0.388. The Bertz CT molecular complexity index is 1370. The molecule has 3 aromatic rings. The molecule has 0 bridgehead atoms. The molecular formula is C26H23BrN4O6S. The van der Waals surface area contributed by atoms with Crippen molar-refractivity contribution in [1.82, 2.24) is 10.4 Å². The molecule has 2 N–H and O–H groups in total. The van der Waals surface area contributed by atoms with E-state index in [1.54, 1.807) is 36.4 Å². The van der Waals surface area contributed by atoms with E-state index in [0.717, 1.165) is 9.48 Å². The molecule has 1 fully saturated rings. The molecule has 1 aliphatic rings. The number of hydrazine groups is 1. The Hall–Kier alpha value is -4.03. The van der Waals surface area contributed by atoms with Crippen molar-refractivity contribution in [2.24, 2.45) is 4.99 Å². The van der Waals surface area contributed by atoms with Crippen LogP contribution in [0.3, 0.4) is 0 Å². The molecule has 3 aromatic carbocycles. The monoisotopic (exact) mass is 598 g/mol. The molecule has 4 rings (SSSR count). The van der Waals surface area contributed by atoms with Crippen LogP contribution >= 0.6 is 27.7 Å². The Morgan fingerprint density at radius 3 is 2.11 bits per heavy atom. The van der Waals surface area contributed by atoms with Crippen LogP contribution < -0.4 is 25.0 Å². The number of nitrogens with one attached hydrogen (secondary N) is 2. The van der Waals surface area contributed by atoms with Crippen molar-refractivity contribution in [2.45, 2.75) is 0 Å². The third-order valence-electron chi connectivity index (χ3n) is 5.36. The number of carbonyl (C=O) groups is 3. The number of amidine groups is 1. The van der Waals surface area contributed by atoms with Crippen LogP contribution in [-0.4, -0.2) is 55.0 Å². The maximum atomic E-state index is 12.8. The minimum absolute atomic E-state index is 0.168. The number of amides is 3. The highest BCUT2D eigenvalue weighted by molar-refractivity contribution is 9.10. The lowest BCUT2D eigenvalue weighted by Gasteiger charge is -2.17. The summed E-state index contributed by atoms with van der Waals surface area (Å²) in [6, 6.07) is 16.6. The second-order valence-corrected chi connectivity index (χ2v) is 9.63. The van der Waals surface area contributed by atoms with E-state index in [0.29, 0.717) is 44.9 Å². The summed E-state index contributed by atoms with van der Waals surface area (Å²) in [7, 11) is 4.41. The number of rotatable bonds is 8. The van der Waals surface area contributed by atoms with E-state index in [1.807, 2.05) is 12.1 Å². The van der Waals surface area contributed by atoms with Gasteiger partial charge in [0.25, 0.3) is 17.7 Å². The Morgan fingerprint density at radius 1 is 0.895 bits per heavy atom. The highest BCUT2D eigenvalue weighted by Gasteiger charge is 2.30. The molecule has 0 aromatic heterocycles. The zero-order chi connectivity index (χ0) is 27.2. The summed E-state index contributed by atoms with van der Waals surface area (Å²) < 4.78 is 16.8. The lowest BCUT2D eigenvalue weighted by Crippen LogP contribution is -2.45. The summed E-state index contributed by atoms with van der Waals surface area (Å²) in [6.45, 7) is 0. The fourth-order valence-corrected chi connectivity index (χ4v) is 4.56. The second kappa shape index (κ2) is 12.0. The smallest absolute Gasteiger partial charge is 0.270 e. The molecule has 0 aliphatic carbocycles. The van der Waals surface area contributed by atoms with Crippen molar-refractivity contribution < 1.29 is 28.6 Å². The van der Waals surface area contributed by atoms with Gasteiger partial charge in [0, 0.05) is 21.3 Å². The van der Waals surface area contributed by atoms with Gasteiger partial charge >= 0.3 is 0 Å². The van der Waals surface area contributed by atoms with E-state index in [2.05, 4.69) is 31.7 Å². The minimum atomic E-state index is -0.494. The minimum Gasteiger partial charge on any atom is -0.493 e. The lowest BCUT2D eigenvalue weighted by molar-refractivity contribution is -0.125. The number of thioether (sulfide) groups is 1. The molecule has 0 spiro atoms. The molecule has 0 unspecified atom stereocenters.